The summed E-state index contributed by atoms with van der Waals surface area (Å²) >= 11 is 0. The molecule has 4 nitrogen and oxygen atoms in total. The van der Waals surface area contributed by atoms with Crippen molar-refractivity contribution >= 4 is 16.8 Å². The number of rotatable bonds is 12. The first kappa shape index (κ1) is 25.3. The summed E-state index contributed by atoms with van der Waals surface area (Å²) in [6.45, 7) is 4.54. The molecule has 0 spiro atoms. The first-order valence-corrected chi connectivity index (χ1v) is 14.1. The molecule has 2 unspecified atom stereocenters. The number of hydrogen-bond acceptors (Lipinski definition) is 2. The molecular weight excluding hydrogens is 454 g/mol. The van der Waals surface area contributed by atoms with E-state index in [0.717, 1.165) is 28.7 Å². The number of hydrogen-bond donors (Lipinski definition) is 1. The van der Waals surface area contributed by atoms with Gasteiger partial charge in [-0.05, 0) is 61.1 Å². The molecule has 37 heavy (non-hydrogen) atoms. The molecule has 1 aliphatic carbocycles. The van der Waals surface area contributed by atoms with Crippen LogP contribution in [0.2, 0.25) is 0 Å². The Hall–Kier alpha value is -3.40. The van der Waals surface area contributed by atoms with Crippen LogP contribution < -0.4 is 5.32 Å². The number of fused-ring (bicyclic) bond motifs is 1. The lowest BCUT2D eigenvalue weighted by Gasteiger charge is -2.19. The summed E-state index contributed by atoms with van der Waals surface area (Å²) in [6.07, 6.45) is 9.80. The van der Waals surface area contributed by atoms with Gasteiger partial charge in [-0.25, -0.2) is 4.68 Å². The van der Waals surface area contributed by atoms with Gasteiger partial charge in [-0.3, -0.25) is 4.79 Å². The standard InChI is InChI=1S/C33H39N3O/c1-3-4-5-6-9-14-24(2)31-29-23-27(21-22-30(29)36(35-31)28-17-12-8-13-18-28)33(37)34-32(26-19-20-26)25-15-10-7-11-16-25/h7-8,10-13,15-18,21-24,26,32H,3-6,9,14,19-20H2,1-2H3,(H,34,37). The summed E-state index contributed by atoms with van der Waals surface area (Å²) in [5, 5.41) is 9.54. The van der Waals surface area contributed by atoms with Gasteiger partial charge in [0.05, 0.1) is 22.9 Å². The number of carbonyl (C=O) groups excluding carboxylic acids is 1. The van der Waals surface area contributed by atoms with E-state index in [0.29, 0.717) is 17.4 Å². The molecule has 1 N–H and O–H groups in total. The normalized spacial score (nSPS) is 15.0. The molecule has 0 aliphatic heterocycles. The summed E-state index contributed by atoms with van der Waals surface area (Å²) in [5.41, 5.74) is 5.08. The Balaban J connectivity index is 1.44. The van der Waals surface area contributed by atoms with Gasteiger partial charge in [-0.1, -0.05) is 94.5 Å². The molecule has 3 aromatic carbocycles. The molecule has 2 atom stereocenters. The van der Waals surface area contributed by atoms with Crippen molar-refractivity contribution in [1.29, 1.82) is 0 Å². The fourth-order valence-corrected chi connectivity index (χ4v) is 5.39. The molecule has 0 bridgehead atoms. The van der Waals surface area contributed by atoms with Crippen LogP contribution in [0.15, 0.2) is 78.9 Å². The second-order valence-corrected chi connectivity index (χ2v) is 10.7. The monoisotopic (exact) mass is 493 g/mol. The fourth-order valence-electron chi connectivity index (χ4n) is 5.39. The largest absolute Gasteiger partial charge is 0.345 e. The lowest BCUT2D eigenvalue weighted by molar-refractivity contribution is 0.0932. The molecule has 0 radical (unpaired) electrons. The van der Waals surface area contributed by atoms with Crippen molar-refractivity contribution in [1.82, 2.24) is 15.1 Å². The third-order valence-corrected chi connectivity index (χ3v) is 7.72. The molecule has 1 aromatic heterocycles. The summed E-state index contributed by atoms with van der Waals surface area (Å²) in [4.78, 5) is 13.5. The van der Waals surface area contributed by atoms with Crippen LogP contribution in [0.3, 0.4) is 0 Å². The molecule has 5 rings (SSSR count). The van der Waals surface area contributed by atoms with Gasteiger partial charge in [0.1, 0.15) is 0 Å². The van der Waals surface area contributed by atoms with E-state index < -0.39 is 0 Å². The Kier molecular flexibility index (Phi) is 8.03. The molecule has 192 valence electrons. The van der Waals surface area contributed by atoms with Gasteiger partial charge in [-0.15, -0.1) is 0 Å². The van der Waals surface area contributed by atoms with Gasteiger partial charge in [-0.2, -0.15) is 5.10 Å². The second-order valence-electron chi connectivity index (χ2n) is 10.7. The third kappa shape index (κ3) is 5.95. The minimum atomic E-state index is -0.00622. The van der Waals surface area contributed by atoms with Gasteiger partial charge >= 0.3 is 0 Å². The molecule has 1 aliphatic rings. The number of amides is 1. The SMILES string of the molecule is CCCCCCCC(C)c1nn(-c2ccccc2)c2ccc(C(=O)NC(c3ccccc3)C3CC3)cc12. The zero-order valence-corrected chi connectivity index (χ0v) is 22.2. The molecule has 1 fully saturated rings. The first-order chi connectivity index (χ1) is 18.2. The number of para-hydroxylation sites is 1. The number of benzene rings is 3. The highest BCUT2D eigenvalue weighted by Gasteiger charge is 2.33. The Bertz CT molecular complexity index is 1310. The van der Waals surface area contributed by atoms with Gasteiger partial charge in [0, 0.05) is 16.9 Å². The van der Waals surface area contributed by atoms with Crippen LogP contribution in [0.25, 0.3) is 16.6 Å². The Morgan fingerprint density at radius 2 is 1.65 bits per heavy atom. The van der Waals surface area contributed by atoms with Crippen LogP contribution in [-0.4, -0.2) is 15.7 Å². The highest BCUT2D eigenvalue weighted by molar-refractivity contribution is 5.99. The van der Waals surface area contributed by atoms with E-state index in [2.05, 4.69) is 67.7 Å². The van der Waals surface area contributed by atoms with Gasteiger partial charge in [0.2, 0.25) is 0 Å². The van der Waals surface area contributed by atoms with E-state index in [1.165, 1.54) is 50.5 Å². The average Bonchev–Trinajstić information content (AvgIpc) is 3.71. The van der Waals surface area contributed by atoms with Crippen molar-refractivity contribution in [2.75, 3.05) is 0 Å². The molecule has 1 saturated carbocycles. The maximum Gasteiger partial charge on any atom is 0.251 e. The minimum absolute atomic E-state index is 0.00622. The summed E-state index contributed by atoms with van der Waals surface area (Å²) in [6, 6.07) is 26.8. The predicted octanol–water partition coefficient (Wildman–Crippen LogP) is 8.37. The summed E-state index contributed by atoms with van der Waals surface area (Å²) < 4.78 is 2.04. The number of carbonyl (C=O) groups is 1. The van der Waals surface area contributed by atoms with Crippen molar-refractivity contribution in [3.63, 3.8) is 0 Å². The van der Waals surface area contributed by atoms with Gasteiger partial charge in [0.25, 0.3) is 5.91 Å². The molecule has 4 heteroatoms. The first-order valence-electron chi connectivity index (χ1n) is 14.1. The minimum Gasteiger partial charge on any atom is -0.345 e. The molecule has 1 heterocycles. The van der Waals surface area contributed by atoms with Crippen LogP contribution in [-0.2, 0) is 0 Å². The molecule has 4 aromatic rings. The zero-order valence-electron chi connectivity index (χ0n) is 22.2. The maximum absolute atomic E-state index is 13.5. The maximum atomic E-state index is 13.5. The van der Waals surface area contributed by atoms with Gasteiger partial charge in [0.15, 0.2) is 0 Å². The van der Waals surface area contributed by atoms with Crippen molar-refractivity contribution in [3.8, 4) is 5.69 Å². The zero-order chi connectivity index (χ0) is 25.6. The average molecular weight is 494 g/mol. The predicted molar refractivity (Wildman–Crippen MR) is 152 cm³/mol. The topological polar surface area (TPSA) is 46.9 Å². The van der Waals surface area contributed by atoms with E-state index in [4.69, 9.17) is 5.10 Å². The lowest BCUT2D eigenvalue weighted by atomic mass is 9.96. The van der Waals surface area contributed by atoms with E-state index in [-0.39, 0.29) is 11.9 Å². The highest BCUT2D eigenvalue weighted by atomic mass is 16.1. The Morgan fingerprint density at radius 1 is 0.946 bits per heavy atom. The third-order valence-electron chi connectivity index (χ3n) is 7.72. The van der Waals surface area contributed by atoms with Crippen molar-refractivity contribution in [3.05, 3.63) is 95.7 Å². The summed E-state index contributed by atoms with van der Waals surface area (Å²) in [5.74, 6) is 0.850. The summed E-state index contributed by atoms with van der Waals surface area (Å²) in [7, 11) is 0. The number of nitrogens with zero attached hydrogens (tertiary/aromatic N) is 2. The second kappa shape index (κ2) is 11.8. The lowest BCUT2D eigenvalue weighted by Crippen LogP contribution is -2.29. The molecule has 1 amide bonds. The van der Waals surface area contributed by atoms with E-state index in [9.17, 15) is 4.79 Å². The van der Waals surface area contributed by atoms with Crippen LogP contribution in [0.4, 0.5) is 0 Å². The van der Waals surface area contributed by atoms with Crippen molar-refractivity contribution in [2.24, 2.45) is 5.92 Å². The highest BCUT2D eigenvalue weighted by Crippen LogP contribution is 2.41. The van der Waals surface area contributed by atoms with Crippen LogP contribution in [0.5, 0.6) is 0 Å². The van der Waals surface area contributed by atoms with Crippen LogP contribution in [0.1, 0.15) is 98.8 Å². The Morgan fingerprint density at radius 3 is 2.35 bits per heavy atom. The van der Waals surface area contributed by atoms with E-state index in [1.54, 1.807) is 0 Å². The van der Waals surface area contributed by atoms with Crippen molar-refractivity contribution < 1.29 is 4.79 Å². The quantitative estimate of drug-likeness (QED) is 0.202. The Labute approximate surface area is 221 Å². The van der Waals surface area contributed by atoms with Crippen molar-refractivity contribution in [2.45, 2.75) is 77.2 Å². The number of aromatic nitrogens is 2. The molecule has 0 saturated heterocycles. The van der Waals surface area contributed by atoms with E-state index >= 15 is 0 Å². The number of unbranched alkanes of at least 4 members (excludes halogenated alkanes) is 4. The van der Waals surface area contributed by atoms with Crippen LogP contribution >= 0.6 is 0 Å². The fraction of sp³-hybridized carbons (Fsp3) is 0.394. The van der Waals surface area contributed by atoms with Gasteiger partial charge < -0.3 is 5.32 Å². The molecular formula is C33H39N3O. The smallest absolute Gasteiger partial charge is 0.251 e. The van der Waals surface area contributed by atoms with Crippen LogP contribution in [0, 0.1) is 5.92 Å². The number of nitrogens with one attached hydrogen (secondary N) is 1. The van der Waals surface area contributed by atoms with E-state index in [1.807, 2.05) is 35.0 Å².